The molecule has 0 aliphatic carbocycles. The lowest BCUT2D eigenvalue weighted by Crippen LogP contribution is -2.09. The van der Waals surface area contributed by atoms with Gasteiger partial charge in [0.2, 0.25) is 0 Å². The smallest absolute Gasteiger partial charge is 0.315 e. The van der Waals surface area contributed by atoms with Gasteiger partial charge in [-0.3, -0.25) is 0 Å². The molecule has 0 fully saturated rings. The number of hydrogen-bond donors (Lipinski definition) is 3. The van der Waals surface area contributed by atoms with E-state index in [9.17, 15) is 0 Å². The maximum atomic E-state index is 8.45. The molecule has 0 saturated carbocycles. The predicted molar refractivity (Wildman–Crippen MR) is 39.5 cm³/mol. The Bertz CT molecular complexity index is 51.3. The summed E-state index contributed by atoms with van der Waals surface area (Å²) in [5, 5.41) is 0. The van der Waals surface area contributed by atoms with Gasteiger partial charge in [0.1, 0.15) is 0 Å². The molecule has 4 heteroatoms. The van der Waals surface area contributed by atoms with E-state index in [1.165, 1.54) is 0 Å². The van der Waals surface area contributed by atoms with Gasteiger partial charge in [0.15, 0.2) is 0 Å². The van der Waals surface area contributed by atoms with E-state index in [-0.39, 0.29) is 0 Å². The van der Waals surface area contributed by atoms with Crippen LogP contribution >= 0.6 is 12.6 Å². The molecule has 0 heterocycles. The number of rotatable bonds is 4. The normalized spacial score (nSPS) is 10.5. The van der Waals surface area contributed by atoms with Crippen LogP contribution in [0, 0.1) is 0 Å². The first-order valence-corrected chi connectivity index (χ1v) is 5.22. The zero-order valence-electron chi connectivity index (χ0n) is 4.75. The highest BCUT2D eigenvalue weighted by atomic mass is 32.1. The molecule has 0 spiro atoms. The maximum Gasteiger partial charge on any atom is 0.315 e. The summed E-state index contributed by atoms with van der Waals surface area (Å²) in [7, 11) is -2.24. The largest absolute Gasteiger partial charge is 0.413 e. The van der Waals surface area contributed by atoms with E-state index in [0.717, 1.165) is 18.6 Å². The Morgan fingerprint density at radius 3 is 2.25 bits per heavy atom. The minimum Gasteiger partial charge on any atom is -0.413 e. The predicted octanol–water partition coefficient (Wildman–Crippen LogP) is -0.0985. The summed E-state index contributed by atoms with van der Waals surface area (Å²) in [5.74, 6) is 0.848. The van der Waals surface area contributed by atoms with Crippen LogP contribution in [0.5, 0.6) is 0 Å². The fraction of sp³-hybridized carbons (Fsp3) is 1.00. The lowest BCUT2D eigenvalue weighted by Gasteiger charge is -1.96. The molecule has 0 unspecified atom stereocenters. The van der Waals surface area contributed by atoms with Gasteiger partial charge in [-0.05, 0) is 18.2 Å². The maximum absolute atomic E-state index is 8.45. The number of unbranched alkanes of at least 4 members (excludes halogenated alkanes) is 1. The van der Waals surface area contributed by atoms with E-state index >= 15 is 0 Å². The van der Waals surface area contributed by atoms with Crippen molar-refractivity contribution in [2.75, 3.05) is 5.75 Å². The minimum absolute atomic E-state index is 0.612. The highest BCUT2D eigenvalue weighted by Crippen LogP contribution is 1.97. The van der Waals surface area contributed by atoms with Crippen LogP contribution in [-0.4, -0.2) is 24.6 Å². The van der Waals surface area contributed by atoms with Crippen molar-refractivity contribution >= 4 is 21.9 Å². The van der Waals surface area contributed by atoms with E-state index in [4.69, 9.17) is 9.59 Å². The summed E-state index contributed by atoms with van der Waals surface area (Å²) in [6.07, 6.45) is 1.90. The molecule has 0 atom stereocenters. The molecular weight excluding hydrogens is 140 g/mol. The molecule has 0 saturated heterocycles. The monoisotopic (exact) mass is 152 g/mol. The number of hydrogen-bond acceptors (Lipinski definition) is 3. The van der Waals surface area contributed by atoms with Gasteiger partial charge in [-0.25, -0.2) is 0 Å². The molecule has 0 rings (SSSR count). The van der Waals surface area contributed by atoms with Gasteiger partial charge in [-0.1, -0.05) is 6.42 Å². The first kappa shape index (κ1) is 8.49. The highest BCUT2D eigenvalue weighted by molar-refractivity contribution is 7.80. The highest BCUT2D eigenvalue weighted by Gasteiger charge is 1.98. The summed E-state index contributed by atoms with van der Waals surface area (Å²) in [4.78, 5) is 16.9. The molecule has 50 valence electrons. The summed E-state index contributed by atoms with van der Waals surface area (Å²) in [5.41, 5.74) is 0. The summed E-state index contributed by atoms with van der Waals surface area (Å²) >= 11 is 3.98. The van der Waals surface area contributed by atoms with Crippen LogP contribution in [0.2, 0.25) is 6.04 Å². The molecule has 0 aromatic heterocycles. The Morgan fingerprint density at radius 1 is 1.25 bits per heavy atom. The molecule has 0 radical (unpaired) electrons. The minimum atomic E-state index is -2.24. The summed E-state index contributed by atoms with van der Waals surface area (Å²) in [6.45, 7) is 0. The summed E-state index contributed by atoms with van der Waals surface area (Å²) < 4.78 is 0. The Hall–Kier alpha value is 0.487. The molecule has 2 N–H and O–H groups in total. The topological polar surface area (TPSA) is 40.5 Å². The second-order valence-corrected chi connectivity index (χ2v) is 3.69. The first-order valence-electron chi connectivity index (χ1n) is 2.74. The third kappa shape index (κ3) is 6.49. The molecule has 0 amide bonds. The molecule has 0 aliphatic heterocycles. The average molecular weight is 152 g/mol. The molecular formula is C4H12O2SSi. The van der Waals surface area contributed by atoms with Crippen LogP contribution in [0.3, 0.4) is 0 Å². The molecule has 0 aromatic rings. The van der Waals surface area contributed by atoms with Gasteiger partial charge < -0.3 is 9.59 Å². The van der Waals surface area contributed by atoms with Crippen molar-refractivity contribution in [3.05, 3.63) is 0 Å². The number of thiol groups is 1. The van der Waals surface area contributed by atoms with Crippen LogP contribution in [-0.2, 0) is 0 Å². The molecule has 0 aromatic carbocycles. The van der Waals surface area contributed by atoms with Crippen LogP contribution in [0.1, 0.15) is 12.8 Å². The third-order valence-corrected chi connectivity index (χ3v) is 2.11. The van der Waals surface area contributed by atoms with E-state index in [1.54, 1.807) is 0 Å². The van der Waals surface area contributed by atoms with Crippen LogP contribution in [0.15, 0.2) is 0 Å². The third-order valence-electron chi connectivity index (χ3n) is 0.870. The van der Waals surface area contributed by atoms with Crippen molar-refractivity contribution in [3.8, 4) is 0 Å². The molecule has 0 aliphatic rings. The standard InChI is InChI=1S/C4H12O2SSi/c5-8(6)4-2-1-3-7/h5-8H,1-4H2. The van der Waals surface area contributed by atoms with Crippen LogP contribution < -0.4 is 0 Å². The van der Waals surface area contributed by atoms with Crippen molar-refractivity contribution in [2.45, 2.75) is 18.9 Å². The van der Waals surface area contributed by atoms with Crippen molar-refractivity contribution in [1.29, 1.82) is 0 Å². The van der Waals surface area contributed by atoms with Gasteiger partial charge >= 0.3 is 9.28 Å². The Kier molecular flexibility index (Phi) is 5.96. The van der Waals surface area contributed by atoms with Crippen molar-refractivity contribution in [3.63, 3.8) is 0 Å². The van der Waals surface area contributed by atoms with Gasteiger partial charge in [-0.15, -0.1) is 0 Å². The SMILES string of the molecule is O[SiH](O)CCCCS. The van der Waals surface area contributed by atoms with Crippen LogP contribution in [0.25, 0.3) is 0 Å². The van der Waals surface area contributed by atoms with Gasteiger partial charge in [0, 0.05) is 0 Å². The average Bonchev–Trinajstić information content (AvgIpc) is 1.66. The summed E-state index contributed by atoms with van der Waals surface area (Å²) in [6, 6.07) is 0.612. The van der Waals surface area contributed by atoms with Crippen molar-refractivity contribution in [1.82, 2.24) is 0 Å². The fourth-order valence-electron chi connectivity index (χ4n) is 0.439. The second-order valence-electron chi connectivity index (χ2n) is 1.70. The van der Waals surface area contributed by atoms with Gasteiger partial charge in [0.05, 0.1) is 0 Å². The van der Waals surface area contributed by atoms with E-state index in [1.807, 2.05) is 0 Å². The Morgan fingerprint density at radius 2 is 1.88 bits per heavy atom. The lowest BCUT2D eigenvalue weighted by atomic mass is 10.4. The zero-order valence-corrected chi connectivity index (χ0v) is 6.80. The van der Waals surface area contributed by atoms with Gasteiger partial charge in [0.25, 0.3) is 0 Å². The lowest BCUT2D eigenvalue weighted by molar-refractivity contribution is 0.403. The fourth-order valence-corrected chi connectivity index (χ4v) is 1.32. The molecule has 8 heavy (non-hydrogen) atoms. The molecule has 2 nitrogen and oxygen atoms in total. The van der Waals surface area contributed by atoms with E-state index < -0.39 is 9.28 Å². The van der Waals surface area contributed by atoms with Crippen molar-refractivity contribution < 1.29 is 9.59 Å². The second kappa shape index (κ2) is 5.62. The quantitative estimate of drug-likeness (QED) is 0.299. The Labute approximate surface area is 56.8 Å². The Balaban J connectivity index is 2.72. The van der Waals surface area contributed by atoms with Gasteiger partial charge in [-0.2, -0.15) is 12.6 Å². The first-order chi connectivity index (χ1) is 3.77. The van der Waals surface area contributed by atoms with E-state index in [2.05, 4.69) is 12.6 Å². The zero-order chi connectivity index (χ0) is 6.41. The molecule has 0 bridgehead atoms. The van der Waals surface area contributed by atoms with Crippen LogP contribution in [0.4, 0.5) is 0 Å². The van der Waals surface area contributed by atoms with Crippen molar-refractivity contribution in [2.24, 2.45) is 0 Å². The van der Waals surface area contributed by atoms with E-state index in [0.29, 0.717) is 6.04 Å².